The molecule has 3 N–H and O–H groups in total. The molecule has 0 saturated carbocycles. The van der Waals surface area contributed by atoms with Crippen LogP contribution in [0.5, 0.6) is 0 Å². The van der Waals surface area contributed by atoms with E-state index >= 15 is 0 Å². The number of thiophene rings is 1. The Bertz CT molecular complexity index is 855. The third-order valence-corrected chi connectivity index (χ3v) is 7.17. The first kappa shape index (κ1) is 18.0. The van der Waals surface area contributed by atoms with E-state index in [-0.39, 0.29) is 17.5 Å². The SMILES string of the molecule is O=C(CCSCc1nc2sc3c(c2c(=O)[nH]1)CCCC3)NC1CCNC1. The van der Waals surface area contributed by atoms with Crippen molar-refractivity contribution in [2.75, 3.05) is 18.8 Å². The molecule has 1 amide bonds. The number of hydrogen-bond acceptors (Lipinski definition) is 6. The number of carbonyl (C=O) groups is 1. The van der Waals surface area contributed by atoms with E-state index in [2.05, 4.69) is 20.6 Å². The predicted molar refractivity (Wildman–Crippen MR) is 107 cm³/mol. The summed E-state index contributed by atoms with van der Waals surface area (Å²) in [4.78, 5) is 34.3. The molecule has 4 rings (SSSR count). The predicted octanol–water partition coefficient (Wildman–Crippen LogP) is 1.96. The summed E-state index contributed by atoms with van der Waals surface area (Å²) < 4.78 is 0. The van der Waals surface area contributed by atoms with Gasteiger partial charge in [0.15, 0.2) is 0 Å². The molecule has 0 bridgehead atoms. The second kappa shape index (κ2) is 8.10. The minimum absolute atomic E-state index is 0.00326. The van der Waals surface area contributed by atoms with Gasteiger partial charge < -0.3 is 15.6 Å². The maximum atomic E-state index is 12.5. The summed E-state index contributed by atoms with van der Waals surface area (Å²) in [5, 5.41) is 7.10. The molecule has 3 heterocycles. The summed E-state index contributed by atoms with van der Waals surface area (Å²) in [6.45, 7) is 1.85. The van der Waals surface area contributed by atoms with E-state index in [4.69, 9.17) is 0 Å². The smallest absolute Gasteiger partial charge is 0.259 e. The Morgan fingerprint density at radius 2 is 2.23 bits per heavy atom. The molecule has 1 atom stereocenters. The van der Waals surface area contributed by atoms with Crippen LogP contribution in [0.2, 0.25) is 0 Å². The molecule has 26 heavy (non-hydrogen) atoms. The van der Waals surface area contributed by atoms with E-state index < -0.39 is 0 Å². The van der Waals surface area contributed by atoms with Gasteiger partial charge in [0.25, 0.3) is 5.56 Å². The molecule has 1 aliphatic heterocycles. The van der Waals surface area contributed by atoms with Crippen molar-refractivity contribution in [3.05, 3.63) is 26.6 Å². The lowest BCUT2D eigenvalue weighted by Crippen LogP contribution is -2.36. The highest BCUT2D eigenvalue weighted by molar-refractivity contribution is 7.98. The Morgan fingerprint density at radius 3 is 3.08 bits per heavy atom. The molecule has 1 fully saturated rings. The van der Waals surface area contributed by atoms with Crippen LogP contribution in [0.4, 0.5) is 0 Å². The van der Waals surface area contributed by atoms with Crippen LogP contribution in [0.15, 0.2) is 4.79 Å². The van der Waals surface area contributed by atoms with Gasteiger partial charge in [-0.05, 0) is 44.2 Å². The molecule has 2 aliphatic rings. The highest BCUT2D eigenvalue weighted by Gasteiger charge is 2.20. The minimum Gasteiger partial charge on any atom is -0.352 e. The normalized spacial score (nSPS) is 19.6. The van der Waals surface area contributed by atoms with Gasteiger partial charge in [0.05, 0.1) is 11.1 Å². The van der Waals surface area contributed by atoms with Crippen molar-refractivity contribution in [2.45, 2.75) is 50.3 Å². The number of amides is 1. The van der Waals surface area contributed by atoms with Gasteiger partial charge in [-0.2, -0.15) is 11.8 Å². The summed E-state index contributed by atoms with van der Waals surface area (Å²) in [6.07, 6.45) is 5.95. The first-order chi connectivity index (χ1) is 12.7. The lowest BCUT2D eigenvalue weighted by atomic mass is 9.97. The van der Waals surface area contributed by atoms with Crippen molar-refractivity contribution in [1.29, 1.82) is 0 Å². The van der Waals surface area contributed by atoms with Crippen LogP contribution in [0.25, 0.3) is 10.2 Å². The van der Waals surface area contributed by atoms with Gasteiger partial charge in [-0.25, -0.2) is 4.98 Å². The van der Waals surface area contributed by atoms with E-state index in [1.165, 1.54) is 16.9 Å². The molecule has 0 aromatic carbocycles. The summed E-state index contributed by atoms with van der Waals surface area (Å²) in [7, 11) is 0. The first-order valence-electron chi connectivity index (χ1n) is 9.32. The van der Waals surface area contributed by atoms with Gasteiger partial charge in [-0.15, -0.1) is 11.3 Å². The number of nitrogens with one attached hydrogen (secondary N) is 3. The quantitative estimate of drug-likeness (QED) is 0.654. The largest absolute Gasteiger partial charge is 0.352 e. The zero-order valence-electron chi connectivity index (χ0n) is 14.7. The third kappa shape index (κ3) is 3.97. The standard InChI is InChI=1S/C18H24N4O2S2/c23-15(20-11-5-7-19-9-11)6-8-25-10-14-21-17(24)16-12-3-1-2-4-13(12)26-18(16)22-14/h11,19H,1-10H2,(H,20,23)(H,21,22,24). The van der Waals surface area contributed by atoms with Gasteiger partial charge >= 0.3 is 0 Å². The summed E-state index contributed by atoms with van der Waals surface area (Å²) in [5.74, 6) is 2.18. The number of aromatic amines is 1. The maximum Gasteiger partial charge on any atom is 0.259 e. The van der Waals surface area contributed by atoms with Gasteiger partial charge in [0.1, 0.15) is 10.7 Å². The highest BCUT2D eigenvalue weighted by atomic mass is 32.2. The van der Waals surface area contributed by atoms with Crippen molar-refractivity contribution < 1.29 is 4.79 Å². The fourth-order valence-electron chi connectivity index (χ4n) is 3.69. The Balaban J connectivity index is 1.33. The van der Waals surface area contributed by atoms with Crippen LogP contribution in [0, 0.1) is 0 Å². The highest BCUT2D eigenvalue weighted by Crippen LogP contribution is 2.33. The lowest BCUT2D eigenvalue weighted by Gasteiger charge is -2.10. The van der Waals surface area contributed by atoms with Crippen molar-refractivity contribution in [2.24, 2.45) is 0 Å². The van der Waals surface area contributed by atoms with E-state index in [0.717, 1.165) is 54.7 Å². The molecule has 8 heteroatoms. The number of nitrogens with zero attached hydrogens (tertiary/aromatic N) is 1. The maximum absolute atomic E-state index is 12.5. The molecule has 1 unspecified atom stereocenters. The Morgan fingerprint density at radius 1 is 1.35 bits per heavy atom. The van der Waals surface area contributed by atoms with Gasteiger partial charge in [-0.1, -0.05) is 0 Å². The van der Waals surface area contributed by atoms with Crippen LogP contribution >= 0.6 is 23.1 Å². The number of aryl methyl sites for hydroxylation is 2. The van der Waals surface area contributed by atoms with E-state index in [9.17, 15) is 9.59 Å². The van der Waals surface area contributed by atoms with Gasteiger partial charge in [-0.3, -0.25) is 9.59 Å². The summed E-state index contributed by atoms with van der Waals surface area (Å²) in [5.41, 5.74) is 1.22. The van der Waals surface area contributed by atoms with Crippen molar-refractivity contribution in [3.8, 4) is 0 Å². The van der Waals surface area contributed by atoms with E-state index in [1.807, 2.05) is 0 Å². The molecule has 1 saturated heterocycles. The Labute approximate surface area is 160 Å². The Kier molecular flexibility index (Phi) is 5.61. The molecule has 0 spiro atoms. The summed E-state index contributed by atoms with van der Waals surface area (Å²) in [6, 6.07) is 0.276. The van der Waals surface area contributed by atoms with Crippen LogP contribution in [0.1, 0.15) is 41.9 Å². The first-order valence-corrected chi connectivity index (χ1v) is 11.3. The van der Waals surface area contributed by atoms with Crippen LogP contribution in [-0.4, -0.2) is 40.8 Å². The van der Waals surface area contributed by atoms with Gasteiger partial charge in [0, 0.05) is 29.6 Å². The zero-order chi connectivity index (χ0) is 17.9. The zero-order valence-corrected chi connectivity index (χ0v) is 16.4. The van der Waals surface area contributed by atoms with Gasteiger partial charge in [0.2, 0.25) is 5.91 Å². The minimum atomic E-state index is -0.00326. The van der Waals surface area contributed by atoms with Crippen molar-refractivity contribution in [3.63, 3.8) is 0 Å². The average molecular weight is 393 g/mol. The van der Waals surface area contributed by atoms with Crippen molar-refractivity contribution >= 4 is 39.2 Å². The van der Waals surface area contributed by atoms with E-state index in [1.54, 1.807) is 23.1 Å². The second-order valence-electron chi connectivity index (χ2n) is 6.96. The Hall–Kier alpha value is -1.38. The molecule has 140 valence electrons. The number of H-pyrrole nitrogens is 1. The molecule has 1 aliphatic carbocycles. The van der Waals surface area contributed by atoms with Crippen LogP contribution < -0.4 is 16.2 Å². The number of hydrogen-bond donors (Lipinski definition) is 3. The lowest BCUT2D eigenvalue weighted by molar-refractivity contribution is -0.121. The average Bonchev–Trinajstić information content (AvgIpc) is 3.25. The third-order valence-electron chi connectivity index (χ3n) is 5.01. The fraction of sp³-hybridized carbons (Fsp3) is 0.611. The van der Waals surface area contributed by atoms with E-state index in [0.29, 0.717) is 18.0 Å². The molecule has 0 radical (unpaired) electrons. The van der Waals surface area contributed by atoms with Crippen LogP contribution in [-0.2, 0) is 23.4 Å². The number of fused-ring (bicyclic) bond motifs is 3. The number of carbonyl (C=O) groups excluding carboxylic acids is 1. The number of thioether (sulfide) groups is 1. The molecule has 2 aromatic heterocycles. The molecule has 6 nitrogen and oxygen atoms in total. The molecule has 2 aromatic rings. The number of rotatable bonds is 6. The fourth-order valence-corrected chi connectivity index (χ4v) is 5.77. The molecular weight excluding hydrogens is 368 g/mol. The topological polar surface area (TPSA) is 86.9 Å². The monoisotopic (exact) mass is 392 g/mol. The molecular formula is C18H24N4O2S2. The van der Waals surface area contributed by atoms with Crippen LogP contribution in [0.3, 0.4) is 0 Å². The number of aromatic nitrogens is 2. The second-order valence-corrected chi connectivity index (χ2v) is 9.15. The summed E-state index contributed by atoms with van der Waals surface area (Å²) >= 11 is 3.32. The van der Waals surface area contributed by atoms with Crippen molar-refractivity contribution in [1.82, 2.24) is 20.6 Å².